The van der Waals surface area contributed by atoms with E-state index in [0.717, 1.165) is 5.56 Å². The fourth-order valence-corrected chi connectivity index (χ4v) is 2.39. The Kier molecular flexibility index (Phi) is 3.39. The van der Waals surface area contributed by atoms with Crippen molar-refractivity contribution < 1.29 is 9.59 Å². The molecule has 2 amide bonds. The maximum Gasteiger partial charge on any atom is 0.256 e. The second kappa shape index (κ2) is 5.36. The van der Waals surface area contributed by atoms with Gasteiger partial charge in [-0.05, 0) is 30.7 Å². The van der Waals surface area contributed by atoms with E-state index in [4.69, 9.17) is 0 Å². The van der Waals surface area contributed by atoms with E-state index in [9.17, 15) is 9.59 Å². The van der Waals surface area contributed by atoms with Gasteiger partial charge in [0, 0.05) is 6.20 Å². The fourth-order valence-electron chi connectivity index (χ4n) is 2.39. The normalized spacial score (nSPS) is 18.1. The van der Waals surface area contributed by atoms with Crippen LogP contribution >= 0.6 is 0 Å². The molecule has 5 nitrogen and oxygen atoms in total. The molecule has 3 rings (SSSR count). The first-order chi connectivity index (χ1) is 10.2. The second-order valence-electron chi connectivity index (χ2n) is 4.97. The molecular formula is C16H15N3O2. The van der Waals surface area contributed by atoms with Gasteiger partial charge < -0.3 is 5.32 Å². The lowest BCUT2D eigenvalue weighted by molar-refractivity contribution is -0.121. The molecule has 1 N–H and O–H groups in total. The number of para-hydroxylation sites is 1. The van der Waals surface area contributed by atoms with Crippen molar-refractivity contribution in [2.75, 3.05) is 10.2 Å². The molecule has 1 aromatic heterocycles. The highest BCUT2D eigenvalue weighted by molar-refractivity contribution is 6.23. The highest BCUT2D eigenvalue weighted by Crippen LogP contribution is 2.24. The summed E-state index contributed by atoms with van der Waals surface area (Å²) in [7, 11) is 0. The molecule has 2 aromatic rings. The first-order valence-corrected chi connectivity index (χ1v) is 6.77. The van der Waals surface area contributed by atoms with E-state index in [2.05, 4.69) is 10.3 Å². The number of imide groups is 1. The van der Waals surface area contributed by atoms with Gasteiger partial charge in [0.25, 0.3) is 5.91 Å². The van der Waals surface area contributed by atoms with E-state index in [1.54, 1.807) is 30.5 Å². The molecule has 2 heterocycles. The standard InChI is InChI=1S/C16H15N3O2/c1-11-6-5-9-17-15(11)18-13-10-14(20)19(16(13)21)12-7-3-2-4-8-12/h2-9,13H,10H2,1H3,(H,17,18). The van der Waals surface area contributed by atoms with Gasteiger partial charge in [0.2, 0.25) is 5.91 Å². The first kappa shape index (κ1) is 13.3. The van der Waals surface area contributed by atoms with Crippen LogP contribution < -0.4 is 10.2 Å². The van der Waals surface area contributed by atoms with Gasteiger partial charge in [0.15, 0.2) is 0 Å². The molecule has 1 aliphatic heterocycles. The maximum atomic E-state index is 12.4. The number of benzene rings is 1. The van der Waals surface area contributed by atoms with Crippen molar-refractivity contribution >= 4 is 23.3 Å². The van der Waals surface area contributed by atoms with Gasteiger partial charge in [-0.3, -0.25) is 9.59 Å². The number of anilines is 2. The zero-order chi connectivity index (χ0) is 14.8. The number of nitrogens with one attached hydrogen (secondary N) is 1. The van der Waals surface area contributed by atoms with Crippen LogP contribution in [0.1, 0.15) is 12.0 Å². The quantitative estimate of drug-likeness (QED) is 0.875. The first-order valence-electron chi connectivity index (χ1n) is 6.77. The van der Waals surface area contributed by atoms with E-state index in [-0.39, 0.29) is 18.2 Å². The highest BCUT2D eigenvalue weighted by Gasteiger charge is 2.39. The van der Waals surface area contributed by atoms with Crippen molar-refractivity contribution in [2.24, 2.45) is 0 Å². The van der Waals surface area contributed by atoms with Gasteiger partial charge in [-0.2, -0.15) is 0 Å². The Morgan fingerprint density at radius 1 is 1.14 bits per heavy atom. The number of amides is 2. The second-order valence-corrected chi connectivity index (χ2v) is 4.97. The summed E-state index contributed by atoms with van der Waals surface area (Å²) in [4.78, 5) is 30.0. The van der Waals surface area contributed by atoms with E-state index in [1.807, 2.05) is 25.1 Å². The number of hydrogen-bond acceptors (Lipinski definition) is 4. The van der Waals surface area contributed by atoms with Gasteiger partial charge >= 0.3 is 0 Å². The summed E-state index contributed by atoms with van der Waals surface area (Å²) in [6, 6.07) is 12.1. The summed E-state index contributed by atoms with van der Waals surface area (Å²) < 4.78 is 0. The lowest BCUT2D eigenvalue weighted by Crippen LogP contribution is -2.35. The van der Waals surface area contributed by atoms with Crippen molar-refractivity contribution in [2.45, 2.75) is 19.4 Å². The van der Waals surface area contributed by atoms with E-state index in [1.165, 1.54) is 4.90 Å². The van der Waals surface area contributed by atoms with Gasteiger partial charge in [-0.1, -0.05) is 24.3 Å². The number of carbonyl (C=O) groups excluding carboxylic acids is 2. The summed E-state index contributed by atoms with van der Waals surface area (Å²) in [5.41, 5.74) is 1.55. The summed E-state index contributed by atoms with van der Waals surface area (Å²) in [6.07, 6.45) is 1.80. The molecule has 0 spiro atoms. The van der Waals surface area contributed by atoms with Crippen LogP contribution in [0.4, 0.5) is 11.5 Å². The molecule has 0 radical (unpaired) electrons. The summed E-state index contributed by atoms with van der Waals surface area (Å²) in [5.74, 6) is 0.201. The third-order valence-corrected chi connectivity index (χ3v) is 3.48. The Morgan fingerprint density at radius 3 is 2.62 bits per heavy atom. The maximum absolute atomic E-state index is 12.4. The molecule has 1 aromatic carbocycles. The number of hydrogen-bond donors (Lipinski definition) is 1. The zero-order valence-corrected chi connectivity index (χ0v) is 11.6. The monoisotopic (exact) mass is 281 g/mol. The van der Waals surface area contributed by atoms with Crippen LogP contribution in [0, 0.1) is 6.92 Å². The molecule has 1 aliphatic rings. The Bertz CT molecular complexity index is 685. The SMILES string of the molecule is Cc1cccnc1NC1CC(=O)N(c2ccccc2)C1=O. The van der Waals surface area contributed by atoms with Crippen LogP contribution in [0.15, 0.2) is 48.7 Å². The van der Waals surface area contributed by atoms with Crippen molar-refractivity contribution in [3.63, 3.8) is 0 Å². The molecule has 106 valence electrons. The Hall–Kier alpha value is -2.69. The number of rotatable bonds is 3. The lowest BCUT2D eigenvalue weighted by Gasteiger charge is -2.16. The summed E-state index contributed by atoms with van der Waals surface area (Å²) >= 11 is 0. The number of nitrogens with zero attached hydrogens (tertiary/aromatic N) is 2. The minimum absolute atomic E-state index is 0.143. The molecule has 0 bridgehead atoms. The zero-order valence-electron chi connectivity index (χ0n) is 11.6. The Labute approximate surface area is 122 Å². The van der Waals surface area contributed by atoms with Gasteiger partial charge in [0.05, 0.1) is 12.1 Å². The molecule has 1 unspecified atom stereocenters. The van der Waals surface area contributed by atoms with Crippen molar-refractivity contribution in [1.29, 1.82) is 0 Å². The fraction of sp³-hybridized carbons (Fsp3) is 0.188. The van der Waals surface area contributed by atoms with E-state index < -0.39 is 6.04 Å². The lowest BCUT2D eigenvalue weighted by atomic mass is 10.2. The smallest absolute Gasteiger partial charge is 0.256 e. The molecule has 21 heavy (non-hydrogen) atoms. The number of carbonyl (C=O) groups is 2. The average molecular weight is 281 g/mol. The number of aromatic nitrogens is 1. The molecule has 1 atom stereocenters. The minimum atomic E-state index is -0.564. The molecule has 1 saturated heterocycles. The predicted molar refractivity (Wildman–Crippen MR) is 79.9 cm³/mol. The van der Waals surface area contributed by atoms with Crippen molar-refractivity contribution in [3.05, 3.63) is 54.2 Å². The van der Waals surface area contributed by atoms with Gasteiger partial charge in [-0.25, -0.2) is 9.88 Å². The molecule has 1 fully saturated rings. The summed E-state index contributed by atoms with van der Waals surface area (Å²) in [5, 5.41) is 3.07. The van der Waals surface area contributed by atoms with E-state index >= 15 is 0 Å². The topological polar surface area (TPSA) is 62.3 Å². The molecule has 5 heteroatoms. The molecule has 0 saturated carbocycles. The minimum Gasteiger partial charge on any atom is -0.358 e. The molecule has 0 aliphatic carbocycles. The van der Waals surface area contributed by atoms with Crippen LogP contribution in [-0.4, -0.2) is 22.8 Å². The van der Waals surface area contributed by atoms with Crippen LogP contribution in [-0.2, 0) is 9.59 Å². The van der Waals surface area contributed by atoms with Crippen LogP contribution in [0.2, 0.25) is 0 Å². The third kappa shape index (κ3) is 2.50. The van der Waals surface area contributed by atoms with Crippen molar-refractivity contribution in [1.82, 2.24) is 4.98 Å². The largest absolute Gasteiger partial charge is 0.358 e. The van der Waals surface area contributed by atoms with Crippen molar-refractivity contribution in [3.8, 4) is 0 Å². The van der Waals surface area contributed by atoms with Gasteiger partial charge in [0.1, 0.15) is 11.9 Å². The summed E-state index contributed by atoms with van der Waals surface area (Å²) in [6.45, 7) is 1.91. The predicted octanol–water partition coefficient (Wildman–Crippen LogP) is 2.13. The van der Waals surface area contributed by atoms with Crippen LogP contribution in [0.25, 0.3) is 0 Å². The van der Waals surface area contributed by atoms with Crippen LogP contribution in [0.3, 0.4) is 0 Å². The van der Waals surface area contributed by atoms with Crippen LogP contribution in [0.5, 0.6) is 0 Å². The Morgan fingerprint density at radius 2 is 1.90 bits per heavy atom. The Balaban J connectivity index is 1.83. The van der Waals surface area contributed by atoms with Gasteiger partial charge in [-0.15, -0.1) is 0 Å². The highest BCUT2D eigenvalue weighted by atomic mass is 16.2. The third-order valence-electron chi connectivity index (χ3n) is 3.48. The number of pyridine rings is 1. The molecular weight excluding hydrogens is 266 g/mol. The average Bonchev–Trinajstić information content (AvgIpc) is 2.77. The van der Waals surface area contributed by atoms with E-state index in [0.29, 0.717) is 11.5 Å². The number of aryl methyl sites for hydroxylation is 1.